The van der Waals surface area contributed by atoms with Gasteiger partial charge >= 0.3 is 0 Å². The zero-order valence-corrected chi connectivity index (χ0v) is 24.4. The number of rotatable bonds is 3. The Hall–Kier alpha value is -6.00. The van der Waals surface area contributed by atoms with Crippen LogP contribution in [0.1, 0.15) is 6.04 Å². The number of hydrogen-bond donors (Lipinski definition) is 0. The number of aromatic nitrogens is 3. The molecule has 5 aromatic carbocycles. The zero-order valence-electron chi connectivity index (χ0n) is 24.4. The lowest BCUT2D eigenvalue weighted by Gasteiger charge is -2.25. The van der Waals surface area contributed by atoms with Crippen LogP contribution in [0.25, 0.3) is 60.4 Å². The molecule has 1 aliphatic carbocycles. The van der Waals surface area contributed by atoms with Gasteiger partial charge in [-0.2, -0.15) is 4.58 Å². The van der Waals surface area contributed by atoms with Gasteiger partial charge in [-0.25, -0.2) is 0 Å². The van der Waals surface area contributed by atoms with E-state index in [1.807, 2.05) is 18.5 Å². The van der Waals surface area contributed by atoms with Crippen molar-refractivity contribution in [2.45, 2.75) is 6.04 Å². The first kappa shape index (κ1) is 24.4. The van der Waals surface area contributed by atoms with Crippen molar-refractivity contribution in [1.29, 1.82) is 0 Å². The largest absolute Gasteiger partial charge is 0.316 e. The average molecular weight is 576 g/mol. The van der Waals surface area contributed by atoms with Crippen LogP contribution in [0, 0.1) is 0 Å². The maximum atomic E-state index is 4.38. The van der Waals surface area contributed by atoms with Crippen molar-refractivity contribution in [3.05, 3.63) is 158 Å². The second-order valence-electron chi connectivity index (χ2n) is 11.8. The van der Waals surface area contributed by atoms with E-state index in [1.165, 1.54) is 60.7 Å². The molecule has 1 aliphatic heterocycles. The van der Waals surface area contributed by atoms with Gasteiger partial charge in [0.15, 0.2) is 0 Å². The van der Waals surface area contributed by atoms with Gasteiger partial charge in [-0.05, 0) is 29.8 Å². The van der Waals surface area contributed by atoms with Gasteiger partial charge in [0, 0.05) is 69.5 Å². The monoisotopic (exact) mass is 575 g/mol. The van der Waals surface area contributed by atoms with Gasteiger partial charge in [0.05, 0.1) is 16.6 Å². The summed E-state index contributed by atoms with van der Waals surface area (Å²) in [4.78, 5) is 4.38. The molecule has 4 heteroatoms. The molecule has 1 unspecified atom stereocenters. The Morgan fingerprint density at radius 3 is 2.27 bits per heavy atom. The summed E-state index contributed by atoms with van der Waals surface area (Å²) in [6.07, 6.45) is 12.7. The van der Waals surface area contributed by atoms with Gasteiger partial charge in [0.2, 0.25) is 17.1 Å². The van der Waals surface area contributed by atoms with Gasteiger partial charge in [0.25, 0.3) is 0 Å². The third-order valence-corrected chi connectivity index (χ3v) is 9.46. The van der Waals surface area contributed by atoms with Crippen molar-refractivity contribution in [2.24, 2.45) is 0 Å². The van der Waals surface area contributed by atoms with E-state index in [-0.39, 0.29) is 6.04 Å². The normalized spacial score (nSPS) is 15.5. The molecule has 4 heterocycles. The minimum atomic E-state index is 0.0276. The van der Waals surface area contributed by atoms with E-state index in [2.05, 4.69) is 158 Å². The highest BCUT2D eigenvalue weighted by atomic mass is 15.2. The molecule has 0 saturated heterocycles. The SMILES string of the molecule is C1=CC2=[N+](c3cccc(-c4cccnc4)c3)c3cccc4c5ccc6c7ccccc7n(-c7ccccc7)c6c5n(c34)C2C=C1. The van der Waals surface area contributed by atoms with E-state index in [1.54, 1.807) is 0 Å². The number of allylic oxidation sites excluding steroid dienone is 4. The highest BCUT2D eigenvalue weighted by Gasteiger charge is 2.38. The first-order chi connectivity index (χ1) is 22.4. The van der Waals surface area contributed by atoms with Crippen LogP contribution < -0.4 is 4.58 Å². The predicted molar refractivity (Wildman–Crippen MR) is 187 cm³/mol. The summed E-state index contributed by atoms with van der Waals surface area (Å²) in [5.74, 6) is 0. The molecule has 0 amide bonds. The van der Waals surface area contributed by atoms with Gasteiger partial charge in [0.1, 0.15) is 11.6 Å². The second-order valence-corrected chi connectivity index (χ2v) is 11.8. The van der Waals surface area contributed by atoms with Crippen molar-refractivity contribution in [1.82, 2.24) is 18.7 Å². The molecule has 2 aliphatic rings. The molecule has 210 valence electrons. The van der Waals surface area contributed by atoms with E-state index >= 15 is 0 Å². The summed E-state index contributed by atoms with van der Waals surface area (Å²) in [6.45, 7) is 0. The van der Waals surface area contributed by atoms with Gasteiger partial charge in [-0.15, -0.1) is 0 Å². The maximum absolute atomic E-state index is 4.38. The molecule has 0 spiro atoms. The first-order valence-corrected chi connectivity index (χ1v) is 15.4. The third kappa shape index (κ3) is 3.36. The molecule has 3 aromatic heterocycles. The smallest absolute Gasteiger partial charge is 0.235 e. The zero-order chi connectivity index (χ0) is 29.5. The lowest BCUT2D eigenvalue weighted by atomic mass is 10.0. The molecule has 0 bridgehead atoms. The quantitative estimate of drug-likeness (QED) is 0.193. The minimum absolute atomic E-state index is 0.0276. The van der Waals surface area contributed by atoms with Crippen LogP contribution in [-0.2, 0) is 0 Å². The van der Waals surface area contributed by atoms with Crippen LogP contribution in [0.5, 0.6) is 0 Å². The third-order valence-electron chi connectivity index (χ3n) is 9.46. The molecule has 10 rings (SSSR count). The van der Waals surface area contributed by atoms with Crippen molar-refractivity contribution >= 4 is 60.7 Å². The number of benzene rings is 5. The summed E-state index contributed by atoms with van der Waals surface area (Å²) in [5.41, 5.74) is 12.0. The maximum Gasteiger partial charge on any atom is 0.235 e. The molecule has 0 saturated carbocycles. The fourth-order valence-corrected chi connectivity index (χ4v) is 7.65. The molecular weight excluding hydrogens is 548 g/mol. The Morgan fingerprint density at radius 1 is 0.600 bits per heavy atom. The van der Waals surface area contributed by atoms with E-state index in [0.717, 1.165) is 16.8 Å². The number of fused-ring (bicyclic) bond motifs is 9. The van der Waals surface area contributed by atoms with Gasteiger partial charge in [-0.3, -0.25) is 4.98 Å². The second kappa shape index (κ2) is 9.25. The Labute approximate surface area is 259 Å². The highest BCUT2D eigenvalue weighted by Crippen LogP contribution is 2.47. The van der Waals surface area contributed by atoms with Gasteiger partial charge in [-0.1, -0.05) is 97.1 Å². The average Bonchev–Trinajstić information content (AvgIpc) is 3.64. The lowest BCUT2D eigenvalue weighted by molar-refractivity contribution is 0.782. The van der Waals surface area contributed by atoms with Crippen molar-refractivity contribution in [2.75, 3.05) is 0 Å². The summed E-state index contributed by atoms with van der Waals surface area (Å²) >= 11 is 0. The molecule has 8 aromatic rings. The topological polar surface area (TPSA) is 25.8 Å². The van der Waals surface area contributed by atoms with Gasteiger partial charge < -0.3 is 9.13 Å². The fraction of sp³-hybridized carbons (Fsp3) is 0.0244. The van der Waals surface area contributed by atoms with Crippen molar-refractivity contribution in [3.63, 3.8) is 0 Å². The lowest BCUT2D eigenvalue weighted by Crippen LogP contribution is -2.30. The molecule has 45 heavy (non-hydrogen) atoms. The van der Waals surface area contributed by atoms with Crippen molar-refractivity contribution in [3.8, 4) is 16.8 Å². The number of para-hydroxylation sites is 3. The first-order valence-electron chi connectivity index (χ1n) is 15.4. The van der Waals surface area contributed by atoms with Crippen LogP contribution in [0.4, 0.5) is 11.4 Å². The summed E-state index contributed by atoms with van der Waals surface area (Å²) < 4.78 is 7.51. The molecule has 4 nitrogen and oxygen atoms in total. The van der Waals surface area contributed by atoms with E-state index in [9.17, 15) is 0 Å². The standard InChI is InChI=1S/C41H27N4/c1-2-13-29(14-3-1)44-35-18-5-4-16-31(35)33-22-23-34-32-17-9-21-38-39(32)45(41(34)40(33)44)37-20-7-6-19-36(37)43(38)30-15-8-11-27(25-30)28-12-10-24-42-26-28/h1-26,37H/q+1. The Kier molecular flexibility index (Phi) is 5.02. The number of hydrogen-bond acceptors (Lipinski definition) is 1. The summed E-state index contributed by atoms with van der Waals surface area (Å²) in [6, 6.07) is 44.0. The number of pyridine rings is 1. The van der Waals surface area contributed by atoms with Crippen LogP contribution in [0.3, 0.4) is 0 Å². The van der Waals surface area contributed by atoms with E-state index < -0.39 is 0 Å². The summed E-state index contributed by atoms with van der Waals surface area (Å²) in [5, 5.41) is 5.08. The van der Waals surface area contributed by atoms with Crippen LogP contribution >= 0.6 is 0 Å². The molecule has 0 N–H and O–H groups in total. The fourth-order valence-electron chi connectivity index (χ4n) is 7.65. The highest BCUT2D eigenvalue weighted by molar-refractivity contribution is 6.26. The van der Waals surface area contributed by atoms with Crippen LogP contribution in [0.15, 0.2) is 158 Å². The van der Waals surface area contributed by atoms with E-state index in [4.69, 9.17) is 0 Å². The number of nitrogens with zero attached hydrogens (tertiary/aromatic N) is 4. The van der Waals surface area contributed by atoms with Crippen LogP contribution in [0.2, 0.25) is 0 Å². The molecule has 0 radical (unpaired) electrons. The molecular formula is C41H27N4+. The predicted octanol–water partition coefficient (Wildman–Crippen LogP) is 9.91. The minimum Gasteiger partial charge on any atom is -0.316 e. The Morgan fingerprint density at radius 2 is 1.38 bits per heavy atom. The van der Waals surface area contributed by atoms with Crippen molar-refractivity contribution < 1.29 is 0 Å². The van der Waals surface area contributed by atoms with Crippen LogP contribution in [-0.4, -0.2) is 19.8 Å². The summed E-state index contributed by atoms with van der Waals surface area (Å²) in [7, 11) is 0. The Balaban J connectivity index is 1.35. The molecule has 1 atom stereocenters. The molecule has 0 fully saturated rings. The van der Waals surface area contributed by atoms with E-state index in [0.29, 0.717) is 0 Å². The Bertz CT molecular complexity index is 2580.